The van der Waals surface area contributed by atoms with Gasteiger partial charge in [-0.3, -0.25) is 0 Å². The maximum absolute atomic E-state index is 3.92. The van der Waals surface area contributed by atoms with Crippen molar-refractivity contribution in [3.8, 4) is 0 Å². The fraction of sp³-hybridized carbons (Fsp3) is 0.967. The predicted octanol–water partition coefficient (Wildman–Crippen LogP) is 11.6. The van der Waals surface area contributed by atoms with Gasteiger partial charge in [0.2, 0.25) is 0 Å². The highest BCUT2D eigenvalue weighted by Crippen LogP contribution is 2.19. The maximum atomic E-state index is 3.92. The second kappa shape index (κ2) is 27.0. The van der Waals surface area contributed by atoms with E-state index in [4.69, 9.17) is 0 Å². The molecule has 0 aromatic carbocycles. The van der Waals surface area contributed by atoms with Crippen LogP contribution in [0.4, 0.5) is 0 Å². The quantitative estimate of drug-likeness (QED) is 0.122. The second-order valence-electron chi connectivity index (χ2n) is 10.3. The molecule has 0 saturated carbocycles. The zero-order valence-electron chi connectivity index (χ0n) is 21.7. The lowest BCUT2D eigenvalue weighted by molar-refractivity contribution is 0.429. The fourth-order valence-corrected chi connectivity index (χ4v) is 4.74. The Bertz CT molecular complexity index is 254. The van der Waals surface area contributed by atoms with Gasteiger partial charge in [-0.05, 0) is 5.92 Å². The molecule has 0 nitrogen and oxygen atoms in total. The highest BCUT2D eigenvalue weighted by molar-refractivity contribution is 4.56. The molecule has 0 aromatic rings. The molecule has 0 aliphatic rings. The highest BCUT2D eigenvalue weighted by Gasteiger charge is 2.02. The van der Waals surface area contributed by atoms with Crippen molar-refractivity contribution in [1.29, 1.82) is 0 Å². The maximum Gasteiger partial charge on any atom is -0.0443 e. The van der Waals surface area contributed by atoms with Crippen molar-refractivity contribution in [3.63, 3.8) is 0 Å². The molecule has 0 heterocycles. The molecule has 0 aromatic heterocycles. The molecule has 0 aliphatic heterocycles. The van der Waals surface area contributed by atoms with Crippen LogP contribution in [0.25, 0.3) is 0 Å². The van der Waals surface area contributed by atoms with Gasteiger partial charge >= 0.3 is 0 Å². The first-order valence-electron chi connectivity index (χ1n) is 14.6. The van der Waals surface area contributed by atoms with E-state index in [1.165, 1.54) is 161 Å². The van der Waals surface area contributed by atoms with E-state index >= 15 is 0 Å². The molecule has 0 fully saturated rings. The molecule has 30 heavy (non-hydrogen) atoms. The summed E-state index contributed by atoms with van der Waals surface area (Å²) in [4.78, 5) is 0. The first-order valence-corrected chi connectivity index (χ1v) is 14.6. The summed E-state index contributed by atoms with van der Waals surface area (Å²) < 4.78 is 0. The van der Waals surface area contributed by atoms with Gasteiger partial charge in [-0.25, -0.2) is 0 Å². The van der Waals surface area contributed by atoms with Crippen LogP contribution < -0.4 is 0 Å². The van der Waals surface area contributed by atoms with E-state index in [1.54, 1.807) is 0 Å². The number of hydrogen-bond donors (Lipinski definition) is 0. The zero-order chi connectivity index (χ0) is 22.0. The molecule has 1 atom stereocenters. The summed E-state index contributed by atoms with van der Waals surface area (Å²) >= 11 is 0. The molecule has 0 rings (SSSR count). The molecule has 0 N–H and O–H groups in total. The largest absolute Gasteiger partial charge is 0.0654 e. The number of unbranched alkanes of at least 4 members (excludes halogenated alkanes) is 22. The summed E-state index contributed by atoms with van der Waals surface area (Å²) in [7, 11) is 0. The van der Waals surface area contributed by atoms with Crippen molar-refractivity contribution < 1.29 is 0 Å². The molecule has 1 radical (unpaired) electrons. The smallest absolute Gasteiger partial charge is 0.0443 e. The van der Waals surface area contributed by atoms with Gasteiger partial charge in [-0.2, -0.15) is 0 Å². The lowest BCUT2D eigenvalue weighted by atomic mass is 9.95. The number of hydrogen-bond acceptors (Lipinski definition) is 0. The molecule has 1 unspecified atom stereocenters. The van der Waals surface area contributed by atoms with Crippen molar-refractivity contribution >= 4 is 0 Å². The predicted molar refractivity (Wildman–Crippen MR) is 140 cm³/mol. The first kappa shape index (κ1) is 30.0. The summed E-state index contributed by atoms with van der Waals surface area (Å²) in [5, 5.41) is 0. The van der Waals surface area contributed by atoms with E-state index in [0.29, 0.717) is 0 Å². The Morgan fingerprint density at radius 1 is 0.400 bits per heavy atom. The molecule has 0 heteroatoms. The van der Waals surface area contributed by atoms with Crippen molar-refractivity contribution in [2.45, 2.75) is 181 Å². The van der Waals surface area contributed by atoms with Crippen LogP contribution in [0.5, 0.6) is 0 Å². The molecule has 181 valence electrons. The van der Waals surface area contributed by atoms with Gasteiger partial charge in [-0.15, -0.1) is 0 Å². The zero-order valence-corrected chi connectivity index (χ0v) is 21.7. The second-order valence-corrected chi connectivity index (χ2v) is 10.3. The van der Waals surface area contributed by atoms with Crippen molar-refractivity contribution in [2.24, 2.45) is 5.92 Å². The van der Waals surface area contributed by atoms with Gasteiger partial charge in [0.05, 0.1) is 0 Å². The molecule has 0 saturated heterocycles. The van der Waals surface area contributed by atoms with E-state index in [0.717, 1.165) is 12.3 Å². The molecular formula is C30H61. The van der Waals surface area contributed by atoms with Crippen LogP contribution in [0, 0.1) is 12.8 Å². The van der Waals surface area contributed by atoms with Crippen LogP contribution in [0.3, 0.4) is 0 Å². The van der Waals surface area contributed by atoms with Gasteiger partial charge in [0.1, 0.15) is 0 Å². The Hall–Kier alpha value is 0. The summed E-state index contributed by atoms with van der Waals surface area (Å²) in [5.74, 6) is 0.964. The Morgan fingerprint density at radius 2 is 0.667 bits per heavy atom. The summed E-state index contributed by atoms with van der Waals surface area (Å²) in [6, 6.07) is 0. The Labute approximate surface area is 193 Å². The van der Waals surface area contributed by atoms with Crippen LogP contribution in [0.15, 0.2) is 0 Å². The van der Waals surface area contributed by atoms with Crippen LogP contribution in [-0.2, 0) is 0 Å². The Balaban J connectivity index is 3.13. The van der Waals surface area contributed by atoms with Crippen LogP contribution in [0.1, 0.15) is 181 Å². The van der Waals surface area contributed by atoms with Crippen LogP contribution in [-0.4, -0.2) is 0 Å². The lowest BCUT2D eigenvalue weighted by Gasteiger charge is -2.11. The molecule has 0 aliphatic carbocycles. The van der Waals surface area contributed by atoms with E-state index < -0.39 is 0 Å². The number of rotatable bonds is 26. The first-order chi connectivity index (χ1) is 14.8. The SMILES string of the molecule is [CH2]CCCCCCCCCCCCCC(C)CCCCCCCCCCCCCC. The van der Waals surface area contributed by atoms with Gasteiger partial charge in [0, 0.05) is 0 Å². The van der Waals surface area contributed by atoms with E-state index in [9.17, 15) is 0 Å². The Morgan fingerprint density at radius 3 is 0.967 bits per heavy atom. The van der Waals surface area contributed by atoms with Crippen molar-refractivity contribution in [3.05, 3.63) is 6.92 Å². The summed E-state index contributed by atoms with van der Waals surface area (Å²) in [6.45, 7) is 8.72. The van der Waals surface area contributed by atoms with Gasteiger partial charge in [0.25, 0.3) is 0 Å². The Kier molecular flexibility index (Phi) is 27.0. The standard InChI is InChI=1S/C30H61/c1-4-6-8-10-12-14-16-18-20-22-24-26-28-30(3)29-27-25-23-21-19-17-15-13-11-9-7-5-2/h30H,1,4-29H2,2-3H3. The van der Waals surface area contributed by atoms with Crippen molar-refractivity contribution in [2.75, 3.05) is 0 Å². The van der Waals surface area contributed by atoms with Crippen LogP contribution in [0.2, 0.25) is 0 Å². The van der Waals surface area contributed by atoms with Gasteiger partial charge < -0.3 is 0 Å². The van der Waals surface area contributed by atoms with E-state index in [-0.39, 0.29) is 0 Å². The molecule has 0 amide bonds. The normalized spacial score (nSPS) is 11.6. The van der Waals surface area contributed by atoms with E-state index in [2.05, 4.69) is 20.8 Å². The summed E-state index contributed by atoms with van der Waals surface area (Å²) in [6.07, 6.45) is 37.7. The topological polar surface area (TPSA) is 0 Å². The average molecular weight is 422 g/mol. The monoisotopic (exact) mass is 421 g/mol. The fourth-order valence-electron chi connectivity index (χ4n) is 4.74. The van der Waals surface area contributed by atoms with E-state index in [1.807, 2.05) is 0 Å². The third-order valence-electron chi connectivity index (χ3n) is 7.00. The molecular weight excluding hydrogens is 360 g/mol. The lowest BCUT2D eigenvalue weighted by Crippen LogP contribution is -1.95. The van der Waals surface area contributed by atoms with Crippen LogP contribution >= 0.6 is 0 Å². The minimum atomic E-state index is 0.964. The highest BCUT2D eigenvalue weighted by atomic mass is 14.1. The van der Waals surface area contributed by atoms with Gasteiger partial charge in [0.15, 0.2) is 0 Å². The van der Waals surface area contributed by atoms with Crippen molar-refractivity contribution in [1.82, 2.24) is 0 Å². The van der Waals surface area contributed by atoms with Gasteiger partial charge in [-0.1, -0.05) is 188 Å². The minimum Gasteiger partial charge on any atom is -0.0654 e. The third kappa shape index (κ3) is 26.0. The summed E-state index contributed by atoms with van der Waals surface area (Å²) in [5.41, 5.74) is 0. The molecule has 0 spiro atoms. The minimum absolute atomic E-state index is 0.964. The third-order valence-corrected chi connectivity index (χ3v) is 7.00. The average Bonchev–Trinajstić information content (AvgIpc) is 2.75. The molecule has 0 bridgehead atoms.